The third-order valence-corrected chi connectivity index (χ3v) is 14.2. The fourth-order valence-electron chi connectivity index (χ4n) is 11.0. The first-order chi connectivity index (χ1) is 34.2. The molecule has 6 nitrogen and oxygen atoms in total. The number of aromatic nitrogens is 1. The highest BCUT2D eigenvalue weighted by molar-refractivity contribution is 6.27. The highest BCUT2D eigenvalue weighted by atomic mass is 16.3. The molecule has 0 radical (unpaired) electrons. The molecule has 15 rings (SSSR count). The van der Waals surface area contributed by atoms with Crippen LogP contribution in [0.1, 0.15) is 22.9 Å². The minimum absolute atomic E-state index is 0.484. The predicted octanol–water partition coefficient (Wildman–Crippen LogP) is 16.2. The number of para-hydroxylation sites is 1. The van der Waals surface area contributed by atoms with Crippen LogP contribution in [0.4, 0.5) is 0 Å². The molecule has 1 unspecified atom stereocenters. The maximum absolute atomic E-state index is 6.92. The number of hydrogen-bond acceptors (Lipinski definition) is 5. The van der Waals surface area contributed by atoms with Gasteiger partial charge in [-0.3, -0.25) is 0 Å². The largest absolute Gasteiger partial charge is 0.456 e. The fraction of sp³-hybridized carbons (Fsp3) is 0.0159. The SMILES string of the molecule is c1ccc(-c2ccc(C3N=C(c4cccc5oc6ccccc6c45)N=C(c4ccc5oc6cc7ccccc7cc6c5c4-n4c5cc6ccccc6cc5c5ccc6ccccc6c54)N3)cc2)cc1. The van der Waals surface area contributed by atoms with Gasteiger partial charge in [0.05, 0.1) is 22.1 Å². The van der Waals surface area contributed by atoms with Gasteiger partial charge in [0.15, 0.2) is 5.84 Å². The van der Waals surface area contributed by atoms with E-state index in [-0.39, 0.29) is 0 Å². The summed E-state index contributed by atoms with van der Waals surface area (Å²) in [4.78, 5) is 11.1. The lowest BCUT2D eigenvalue weighted by molar-refractivity contribution is 0.667. The summed E-state index contributed by atoms with van der Waals surface area (Å²) in [7, 11) is 0. The van der Waals surface area contributed by atoms with E-state index >= 15 is 0 Å². The third kappa shape index (κ3) is 5.79. The summed E-state index contributed by atoms with van der Waals surface area (Å²) in [6.07, 6.45) is -0.484. The van der Waals surface area contributed by atoms with Crippen molar-refractivity contribution in [2.24, 2.45) is 9.98 Å². The second-order valence-electron chi connectivity index (χ2n) is 18.1. The zero-order valence-electron chi connectivity index (χ0n) is 37.0. The Morgan fingerprint density at radius 3 is 1.86 bits per heavy atom. The normalized spacial score (nSPS) is 14.2. The lowest BCUT2D eigenvalue weighted by atomic mass is 10.00. The van der Waals surface area contributed by atoms with Gasteiger partial charge in [0.2, 0.25) is 0 Å². The van der Waals surface area contributed by atoms with Gasteiger partial charge in [-0.2, -0.15) is 0 Å². The molecule has 14 aromatic rings. The Hall–Kier alpha value is -9.26. The molecule has 11 aromatic carbocycles. The molecule has 1 atom stereocenters. The van der Waals surface area contributed by atoms with Gasteiger partial charge in [-0.25, -0.2) is 9.98 Å². The summed E-state index contributed by atoms with van der Waals surface area (Å²) in [5, 5.41) is 17.3. The second-order valence-corrected chi connectivity index (χ2v) is 18.1. The van der Waals surface area contributed by atoms with Gasteiger partial charge in [0, 0.05) is 43.4 Å². The van der Waals surface area contributed by atoms with Crippen molar-refractivity contribution in [2.45, 2.75) is 6.17 Å². The van der Waals surface area contributed by atoms with Crippen LogP contribution >= 0.6 is 0 Å². The first kappa shape index (κ1) is 37.9. The van der Waals surface area contributed by atoms with Gasteiger partial charge in [0.25, 0.3) is 0 Å². The minimum atomic E-state index is -0.484. The third-order valence-electron chi connectivity index (χ3n) is 14.2. The first-order valence-corrected chi connectivity index (χ1v) is 23.4. The smallest absolute Gasteiger partial charge is 0.160 e. The zero-order chi connectivity index (χ0) is 45.2. The van der Waals surface area contributed by atoms with Crippen LogP contribution < -0.4 is 5.32 Å². The molecule has 322 valence electrons. The van der Waals surface area contributed by atoms with E-state index in [1.807, 2.05) is 24.3 Å². The van der Waals surface area contributed by atoms with Gasteiger partial charge in [-0.15, -0.1) is 0 Å². The maximum atomic E-state index is 6.92. The molecule has 1 aliphatic rings. The molecule has 4 heterocycles. The summed E-state index contributed by atoms with van der Waals surface area (Å²) >= 11 is 0. The molecule has 0 amide bonds. The molecule has 0 aliphatic carbocycles. The molecular weight excluding hydrogens is 845 g/mol. The van der Waals surface area contributed by atoms with Gasteiger partial charge < -0.3 is 18.7 Å². The summed E-state index contributed by atoms with van der Waals surface area (Å²) in [5.41, 5.74) is 11.6. The van der Waals surface area contributed by atoms with Crippen LogP contribution in [-0.4, -0.2) is 16.2 Å². The molecule has 3 aromatic heterocycles. The van der Waals surface area contributed by atoms with E-state index in [4.69, 9.17) is 18.8 Å². The lowest BCUT2D eigenvalue weighted by Gasteiger charge is -2.26. The van der Waals surface area contributed by atoms with Crippen LogP contribution in [0.25, 0.3) is 115 Å². The van der Waals surface area contributed by atoms with Crippen molar-refractivity contribution < 1.29 is 8.83 Å². The minimum Gasteiger partial charge on any atom is -0.456 e. The summed E-state index contributed by atoms with van der Waals surface area (Å²) in [6, 6.07) is 77.5. The summed E-state index contributed by atoms with van der Waals surface area (Å²) in [6.45, 7) is 0. The van der Waals surface area contributed by atoms with Crippen molar-refractivity contribution in [1.29, 1.82) is 0 Å². The van der Waals surface area contributed by atoms with Crippen LogP contribution in [0, 0.1) is 0 Å². The average molecular weight is 883 g/mol. The van der Waals surface area contributed by atoms with Crippen LogP contribution in [0.15, 0.2) is 237 Å². The number of furan rings is 2. The summed E-state index contributed by atoms with van der Waals surface area (Å²) < 4.78 is 15.9. The Labute approximate surface area is 394 Å². The van der Waals surface area contributed by atoms with E-state index in [0.717, 1.165) is 115 Å². The van der Waals surface area contributed by atoms with E-state index < -0.39 is 6.17 Å². The number of aliphatic imine (C=N–C) groups is 2. The van der Waals surface area contributed by atoms with Crippen molar-refractivity contribution in [3.05, 3.63) is 235 Å². The summed E-state index contributed by atoms with van der Waals surface area (Å²) in [5.74, 6) is 1.32. The van der Waals surface area contributed by atoms with Gasteiger partial charge in [-0.05, 0) is 92.2 Å². The standard InChI is InChI=1S/C63H38N4O2/c1-2-13-37(14-3-1)38-25-27-40(28-26-38)61-64-62(48-22-12-24-54-57(48)47-21-10-11-23-53(47)68-54)66-63(65-61)49-31-32-55-58(51-34-42-17-5-7-19-44(42)36-56(51)69-55)60(49)67-52-35-43-18-6-4-16-41(43)33-50(52)46-30-29-39-15-8-9-20-45(39)59(46)67/h1-36,61H,(H,64,65,66). The Bertz CT molecular complexity index is 4520. The molecule has 0 saturated heterocycles. The van der Waals surface area contributed by atoms with Crippen LogP contribution in [0.5, 0.6) is 0 Å². The Balaban J connectivity index is 1.06. The average Bonchev–Trinajstić information content (AvgIpc) is 4.08. The Morgan fingerprint density at radius 1 is 0.406 bits per heavy atom. The molecule has 0 saturated carbocycles. The van der Waals surface area contributed by atoms with Crippen molar-refractivity contribution in [1.82, 2.24) is 9.88 Å². The number of hydrogen-bond donors (Lipinski definition) is 1. The molecule has 6 heteroatoms. The number of fused-ring (bicyclic) bond motifs is 13. The Morgan fingerprint density at radius 2 is 1.04 bits per heavy atom. The molecule has 0 bridgehead atoms. The highest BCUT2D eigenvalue weighted by Crippen LogP contribution is 2.45. The number of amidine groups is 2. The van der Waals surface area contributed by atoms with Crippen LogP contribution in [-0.2, 0) is 0 Å². The first-order valence-electron chi connectivity index (χ1n) is 23.4. The van der Waals surface area contributed by atoms with Crippen molar-refractivity contribution >= 4 is 110 Å². The maximum Gasteiger partial charge on any atom is 0.160 e. The van der Waals surface area contributed by atoms with E-state index in [2.05, 4.69) is 204 Å². The number of nitrogens with zero attached hydrogens (tertiary/aromatic N) is 3. The Kier molecular flexibility index (Phi) is 8.03. The number of benzene rings is 11. The van der Waals surface area contributed by atoms with E-state index in [1.54, 1.807) is 0 Å². The molecule has 0 spiro atoms. The molecule has 0 fully saturated rings. The van der Waals surface area contributed by atoms with Crippen molar-refractivity contribution in [3.8, 4) is 16.8 Å². The molecule has 69 heavy (non-hydrogen) atoms. The van der Waals surface area contributed by atoms with Crippen LogP contribution in [0.3, 0.4) is 0 Å². The van der Waals surface area contributed by atoms with Crippen molar-refractivity contribution in [3.63, 3.8) is 0 Å². The zero-order valence-corrected chi connectivity index (χ0v) is 37.0. The highest BCUT2D eigenvalue weighted by Gasteiger charge is 2.29. The molecule has 1 aliphatic heterocycles. The second kappa shape index (κ2) is 14.6. The number of nitrogens with one attached hydrogen (secondary N) is 1. The lowest BCUT2D eigenvalue weighted by Crippen LogP contribution is -2.34. The van der Waals surface area contributed by atoms with Crippen molar-refractivity contribution in [2.75, 3.05) is 0 Å². The van der Waals surface area contributed by atoms with E-state index in [0.29, 0.717) is 11.7 Å². The molecule has 1 N–H and O–H groups in total. The quantitative estimate of drug-likeness (QED) is 0.187. The van der Waals surface area contributed by atoms with Gasteiger partial charge >= 0.3 is 0 Å². The topological polar surface area (TPSA) is 68.0 Å². The predicted molar refractivity (Wildman–Crippen MR) is 285 cm³/mol. The van der Waals surface area contributed by atoms with Gasteiger partial charge in [0.1, 0.15) is 34.3 Å². The van der Waals surface area contributed by atoms with E-state index in [1.165, 1.54) is 16.2 Å². The number of rotatable bonds is 5. The monoisotopic (exact) mass is 882 g/mol. The van der Waals surface area contributed by atoms with Crippen LogP contribution in [0.2, 0.25) is 0 Å². The van der Waals surface area contributed by atoms with Gasteiger partial charge in [-0.1, -0.05) is 170 Å². The van der Waals surface area contributed by atoms with E-state index in [9.17, 15) is 0 Å². The fourth-order valence-corrected chi connectivity index (χ4v) is 11.0. The molecular formula is C63H38N4O2.